The van der Waals surface area contributed by atoms with Crippen molar-refractivity contribution in [3.63, 3.8) is 0 Å². The van der Waals surface area contributed by atoms with Crippen molar-refractivity contribution in [2.75, 3.05) is 0 Å². The van der Waals surface area contributed by atoms with Crippen molar-refractivity contribution in [2.45, 2.75) is 51.7 Å². The van der Waals surface area contributed by atoms with E-state index in [9.17, 15) is 17.6 Å². The lowest BCUT2D eigenvalue weighted by Crippen LogP contribution is -2.50. The summed E-state index contributed by atoms with van der Waals surface area (Å²) < 4.78 is 55.5. The van der Waals surface area contributed by atoms with Crippen LogP contribution in [0.3, 0.4) is 0 Å². The van der Waals surface area contributed by atoms with Crippen molar-refractivity contribution in [1.29, 1.82) is 0 Å². The molecule has 0 bridgehead atoms. The van der Waals surface area contributed by atoms with Crippen LogP contribution in [0.2, 0.25) is 0 Å². The summed E-state index contributed by atoms with van der Waals surface area (Å²) in [5, 5.41) is 0. The Hall–Kier alpha value is -0.320. The normalized spacial score (nSPS) is 37.5. The van der Waals surface area contributed by atoms with Gasteiger partial charge in [0.25, 0.3) is 0 Å². The van der Waals surface area contributed by atoms with E-state index >= 15 is 0 Å². The molecule has 0 spiro atoms. The first kappa shape index (κ1) is 11.8. The highest BCUT2D eigenvalue weighted by Crippen LogP contribution is 2.55. The first-order valence-corrected chi connectivity index (χ1v) is 4.57. The van der Waals surface area contributed by atoms with Gasteiger partial charge in [0.1, 0.15) is 0 Å². The topological polar surface area (TPSA) is 9.23 Å². The number of rotatable bonds is 1. The molecule has 1 rings (SSSR count). The molecule has 1 aliphatic rings. The lowest BCUT2D eigenvalue weighted by Gasteiger charge is -2.33. The summed E-state index contributed by atoms with van der Waals surface area (Å²) in [7, 11) is 0. The molecule has 84 valence electrons. The zero-order chi connectivity index (χ0) is 11.2. The molecular formula is C9H14F4O. The van der Waals surface area contributed by atoms with Crippen molar-refractivity contribution in [2.24, 2.45) is 5.41 Å². The zero-order valence-electron chi connectivity index (χ0n) is 8.41. The van der Waals surface area contributed by atoms with Crippen LogP contribution in [0.5, 0.6) is 0 Å². The summed E-state index contributed by atoms with van der Waals surface area (Å²) in [4.78, 5) is 0. The van der Waals surface area contributed by atoms with Gasteiger partial charge in [-0.1, -0.05) is 20.8 Å². The Morgan fingerprint density at radius 1 is 1.36 bits per heavy atom. The van der Waals surface area contributed by atoms with Crippen LogP contribution in [0.15, 0.2) is 0 Å². The monoisotopic (exact) mass is 214 g/mol. The summed E-state index contributed by atoms with van der Waals surface area (Å²) in [6.07, 6.45) is -5.11. The minimum absolute atomic E-state index is 0.0967. The van der Waals surface area contributed by atoms with E-state index in [4.69, 9.17) is 0 Å². The van der Waals surface area contributed by atoms with Gasteiger partial charge in [0.05, 0.1) is 6.10 Å². The third-order valence-corrected chi connectivity index (χ3v) is 2.76. The van der Waals surface area contributed by atoms with Crippen molar-refractivity contribution in [3.05, 3.63) is 0 Å². The summed E-state index contributed by atoms with van der Waals surface area (Å²) in [6, 6.07) is 0. The first-order chi connectivity index (χ1) is 6.14. The van der Waals surface area contributed by atoms with E-state index in [0.717, 1.165) is 0 Å². The van der Waals surface area contributed by atoms with Crippen LogP contribution in [0.4, 0.5) is 17.6 Å². The molecule has 0 amide bonds. The molecule has 1 saturated heterocycles. The summed E-state index contributed by atoms with van der Waals surface area (Å²) in [5.41, 5.74) is -1.51. The molecule has 2 atom stereocenters. The Morgan fingerprint density at radius 3 is 2.07 bits per heavy atom. The molecule has 14 heavy (non-hydrogen) atoms. The van der Waals surface area contributed by atoms with E-state index in [2.05, 4.69) is 4.74 Å². The lowest BCUT2D eigenvalue weighted by molar-refractivity contribution is -0.351. The highest BCUT2D eigenvalue weighted by atomic mass is 19.4. The van der Waals surface area contributed by atoms with E-state index in [0.29, 0.717) is 6.42 Å². The van der Waals surface area contributed by atoms with E-state index in [-0.39, 0.29) is 6.42 Å². The molecule has 0 aliphatic carbocycles. The van der Waals surface area contributed by atoms with Gasteiger partial charge < -0.3 is 4.74 Å². The van der Waals surface area contributed by atoms with E-state index in [1.807, 2.05) is 0 Å². The smallest absolute Gasteiger partial charge is 0.335 e. The van der Waals surface area contributed by atoms with Crippen LogP contribution in [-0.2, 0) is 4.74 Å². The third-order valence-electron chi connectivity index (χ3n) is 2.76. The number of halogens is 4. The average Bonchev–Trinajstić information content (AvgIpc) is 2.22. The maximum atomic E-state index is 13.7. The fraction of sp³-hybridized carbons (Fsp3) is 1.00. The highest BCUT2D eigenvalue weighted by Gasteiger charge is 2.70. The van der Waals surface area contributed by atoms with Crippen LogP contribution in [0.1, 0.15) is 33.6 Å². The number of ether oxygens (including phenoxy) is 1. The molecule has 0 radical (unpaired) electrons. The summed E-state index contributed by atoms with van der Waals surface area (Å²) in [5.74, 6) is -3.50. The molecule has 1 heterocycles. The van der Waals surface area contributed by atoms with Gasteiger partial charge in [-0.05, 0) is 12.8 Å². The summed E-state index contributed by atoms with van der Waals surface area (Å²) >= 11 is 0. The van der Waals surface area contributed by atoms with E-state index < -0.39 is 23.6 Å². The van der Waals surface area contributed by atoms with Gasteiger partial charge in [0.15, 0.2) is 0 Å². The molecule has 0 aromatic heterocycles. The fourth-order valence-corrected chi connectivity index (χ4v) is 1.81. The zero-order valence-corrected chi connectivity index (χ0v) is 8.41. The molecule has 2 unspecified atom stereocenters. The maximum Gasteiger partial charge on any atom is 0.448 e. The quantitative estimate of drug-likeness (QED) is 0.607. The molecule has 1 nitrogen and oxygen atoms in total. The van der Waals surface area contributed by atoms with Crippen molar-refractivity contribution in [1.82, 2.24) is 0 Å². The Kier molecular flexibility index (Phi) is 2.59. The predicted molar refractivity (Wildman–Crippen MR) is 43.5 cm³/mol. The minimum atomic E-state index is -4.96. The van der Waals surface area contributed by atoms with Gasteiger partial charge in [0.2, 0.25) is 0 Å². The fourth-order valence-electron chi connectivity index (χ4n) is 1.81. The molecule has 0 saturated carbocycles. The van der Waals surface area contributed by atoms with Gasteiger partial charge in [-0.3, -0.25) is 0 Å². The van der Waals surface area contributed by atoms with Crippen molar-refractivity contribution in [3.8, 4) is 0 Å². The molecule has 1 aliphatic heterocycles. The Balaban J connectivity index is 2.99. The maximum absolute atomic E-state index is 13.7. The average molecular weight is 214 g/mol. The standard InChI is InChI=1S/C9H14F4O/c1-4-6-5-7(2,3)8(10,14-6)9(11,12)13/h6H,4-5H2,1-3H3. The second kappa shape index (κ2) is 3.08. The van der Waals surface area contributed by atoms with Crippen molar-refractivity contribution < 1.29 is 22.3 Å². The van der Waals surface area contributed by atoms with Gasteiger partial charge in [0, 0.05) is 5.41 Å². The molecule has 0 N–H and O–H groups in total. The predicted octanol–water partition coefficient (Wildman–Crippen LogP) is 3.44. The first-order valence-electron chi connectivity index (χ1n) is 4.57. The second-order valence-corrected chi connectivity index (χ2v) is 4.33. The highest BCUT2D eigenvalue weighted by molar-refractivity contribution is 4.99. The summed E-state index contributed by atoms with van der Waals surface area (Å²) in [6.45, 7) is 4.18. The van der Waals surface area contributed by atoms with Gasteiger partial charge in [-0.2, -0.15) is 13.2 Å². The van der Waals surface area contributed by atoms with Crippen LogP contribution >= 0.6 is 0 Å². The van der Waals surface area contributed by atoms with Crippen LogP contribution in [0, 0.1) is 5.41 Å². The Bertz CT molecular complexity index is 223. The molecule has 0 aromatic carbocycles. The third kappa shape index (κ3) is 1.51. The SMILES string of the molecule is CCC1CC(C)(C)C(F)(C(F)(F)F)O1. The van der Waals surface area contributed by atoms with Gasteiger partial charge in [-0.15, -0.1) is 0 Å². The number of hydrogen-bond donors (Lipinski definition) is 0. The molecule has 0 aromatic rings. The van der Waals surface area contributed by atoms with E-state index in [1.54, 1.807) is 6.92 Å². The molecule has 5 heteroatoms. The minimum Gasteiger partial charge on any atom is -0.335 e. The Labute approximate surface area is 80.4 Å². The second-order valence-electron chi connectivity index (χ2n) is 4.33. The largest absolute Gasteiger partial charge is 0.448 e. The number of alkyl halides is 4. The van der Waals surface area contributed by atoms with Crippen LogP contribution in [0.25, 0.3) is 0 Å². The van der Waals surface area contributed by atoms with Gasteiger partial charge in [-0.25, -0.2) is 4.39 Å². The van der Waals surface area contributed by atoms with Crippen LogP contribution in [-0.4, -0.2) is 18.1 Å². The van der Waals surface area contributed by atoms with Crippen LogP contribution < -0.4 is 0 Å². The Morgan fingerprint density at radius 2 is 1.86 bits per heavy atom. The van der Waals surface area contributed by atoms with E-state index in [1.165, 1.54) is 13.8 Å². The number of hydrogen-bond acceptors (Lipinski definition) is 1. The molecular weight excluding hydrogens is 200 g/mol. The van der Waals surface area contributed by atoms with Crippen molar-refractivity contribution >= 4 is 0 Å². The lowest BCUT2D eigenvalue weighted by atomic mass is 9.81. The van der Waals surface area contributed by atoms with Gasteiger partial charge >= 0.3 is 12.0 Å². The molecule has 1 fully saturated rings.